The maximum atomic E-state index is 13.5. The number of amides is 3. The van der Waals surface area contributed by atoms with Gasteiger partial charge in [-0.05, 0) is 72.7 Å². The van der Waals surface area contributed by atoms with Crippen molar-refractivity contribution in [1.29, 1.82) is 0 Å². The van der Waals surface area contributed by atoms with E-state index in [-0.39, 0.29) is 11.6 Å². The highest BCUT2D eigenvalue weighted by Gasteiger charge is 2.20. The molecule has 4 rings (SSSR count). The Morgan fingerprint density at radius 1 is 0.930 bits per heavy atom. The van der Waals surface area contributed by atoms with Crippen LogP contribution >= 0.6 is 23.4 Å². The van der Waals surface area contributed by atoms with Crippen molar-refractivity contribution in [2.75, 3.05) is 29.6 Å². The fourth-order valence-corrected chi connectivity index (χ4v) is 5.09. The first-order valence-corrected chi connectivity index (χ1v) is 14.8. The molecule has 0 spiro atoms. The number of carbonyl (C=O) groups is 3. The highest BCUT2D eigenvalue weighted by atomic mass is 35.5. The number of rotatable bonds is 11. The van der Waals surface area contributed by atoms with Gasteiger partial charge in [-0.1, -0.05) is 54.9 Å². The lowest BCUT2D eigenvalue weighted by Crippen LogP contribution is -2.30. The molecule has 1 atom stereocenters. The van der Waals surface area contributed by atoms with E-state index < -0.39 is 17.1 Å². The van der Waals surface area contributed by atoms with Crippen molar-refractivity contribution in [2.45, 2.75) is 23.5 Å². The highest BCUT2D eigenvalue weighted by Crippen LogP contribution is 2.29. The van der Waals surface area contributed by atoms with E-state index in [1.54, 1.807) is 60.7 Å². The Labute approximate surface area is 260 Å². The van der Waals surface area contributed by atoms with E-state index in [1.807, 2.05) is 62.3 Å². The van der Waals surface area contributed by atoms with Crippen molar-refractivity contribution in [3.63, 3.8) is 0 Å². The van der Waals surface area contributed by atoms with Gasteiger partial charge in [-0.3, -0.25) is 14.4 Å². The number of hydrogen-bond acceptors (Lipinski definition) is 6. The third-order valence-electron chi connectivity index (χ3n) is 6.26. The van der Waals surface area contributed by atoms with E-state index in [0.29, 0.717) is 28.5 Å². The molecule has 0 saturated heterocycles. The van der Waals surface area contributed by atoms with Crippen LogP contribution in [0.15, 0.2) is 108 Å². The number of nitrogens with zero attached hydrogens (tertiary/aromatic N) is 2. The Morgan fingerprint density at radius 2 is 1.67 bits per heavy atom. The quantitative estimate of drug-likeness (QED) is 0.128. The van der Waals surface area contributed by atoms with E-state index in [9.17, 15) is 14.4 Å². The second kappa shape index (κ2) is 15.0. The maximum Gasteiger partial charge on any atom is 0.272 e. The minimum atomic E-state index is -0.485. The van der Waals surface area contributed by atoms with Crippen LogP contribution in [-0.2, 0) is 9.59 Å². The van der Waals surface area contributed by atoms with Crippen molar-refractivity contribution >= 4 is 64.4 Å². The average molecular weight is 614 g/mol. The van der Waals surface area contributed by atoms with Gasteiger partial charge in [0.15, 0.2) is 0 Å². The molecule has 43 heavy (non-hydrogen) atoms. The molecule has 0 bridgehead atoms. The topological polar surface area (TPSA) is 103 Å². The highest BCUT2D eigenvalue weighted by molar-refractivity contribution is 8.00. The molecule has 3 aromatic carbocycles. The maximum absolute atomic E-state index is 13.5. The van der Waals surface area contributed by atoms with Crippen molar-refractivity contribution in [2.24, 2.45) is 0 Å². The van der Waals surface area contributed by atoms with Gasteiger partial charge in [0.25, 0.3) is 11.8 Å². The van der Waals surface area contributed by atoms with Crippen LogP contribution in [0.25, 0.3) is 6.08 Å². The van der Waals surface area contributed by atoms with Gasteiger partial charge >= 0.3 is 0 Å². The van der Waals surface area contributed by atoms with Crippen molar-refractivity contribution in [3.8, 4) is 0 Å². The first-order valence-electron chi connectivity index (χ1n) is 13.6. The number of anilines is 3. The Kier molecular flexibility index (Phi) is 11.0. The summed E-state index contributed by atoms with van der Waals surface area (Å²) >= 11 is 7.27. The zero-order valence-corrected chi connectivity index (χ0v) is 25.6. The SMILES string of the molecule is CCC(Sc1cccc(NC(=O)/C(=C\c2ccc(N(C)C)cc2)NC(=O)c2ccccc2)c1)C(=O)Nc1ccc(Cl)cn1. The minimum Gasteiger partial charge on any atom is -0.378 e. The van der Waals surface area contributed by atoms with Gasteiger partial charge in [0, 0.05) is 42.1 Å². The van der Waals surface area contributed by atoms with Crippen LogP contribution in [0, 0.1) is 0 Å². The fourth-order valence-electron chi connectivity index (χ4n) is 3.97. The molecular formula is C33H32ClN5O3S. The zero-order chi connectivity index (χ0) is 30.8. The Morgan fingerprint density at radius 3 is 2.33 bits per heavy atom. The van der Waals surface area contributed by atoms with Gasteiger partial charge in [-0.15, -0.1) is 11.8 Å². The van der Waals surface area contributed by atoms with Gasteiger partial charge in [-0.2, -0.15) is 0 Å². The van der Waals surface area contributed by atoms with E-state index in [4.69, 9.17) is 11.6 Å². The normalized spacial score (nSPS) is 11.8. The summed E-state index contributed by atoms with van der Waals surface area (Å²) < 4.78 is 0. The van der Waals surface area contributed by atoms with Gasteiger partial charge in [0.2, 0.25) is 5.91 Å². The van der Waals surface area contributed by atoms with E-state index in [1.165, 1.54) is 18.0 Å². The first-order chi connectivity index (χ1) is 20.7. The molecule has 10 heteroatoms. The molecule has 0 aliphatic heterocycles. The van der Waals surface area contributed by atoms with Gasteiger partial charge in [-0.25, -0.2) is 4.98 Å². The van der Waals surface area contributed by atoms with Crippen LogP contribution in [0.1, 0.15) is 29.3 Å². The summed E-state index contributed by atoms with van der Waals surface area (Å²) in [4.78, 5) is 46.3. The molecule has 0 fully saturated rings. The molecular weight excluding hydrogens is 582 g/mol. The lowest BCUT2D eigenvalue weighted by Gasteiger charge is -2.16. The molecule has 0 saturated carbocycles. The third-order valence-corrected chi connectivity index (χ3v) is 7.84. The molecule has 1 aromatic heterocycles. The molecule has 3 N–H and O–H groups in total. The zero-order valence-electron chi connectivity index (χ0n) is 24.0. The van der Waals surface area contributed by atoms with Crippen molar-refractivity contribution in [1.82, 2.24) is 10.3 Å². The molecule has 8 nitrogen and oxygen atoms in total. The van der Waals surface area contributed by atoms with E-state index in [0.717, 1.165) is 16.1 Å². The molecule has 0 aliphatic rings. The molecule has 1 unspecified atom stereocenters. The van der Waals surface area contributed by atoms with E-state index >= 15 is 0 Å². The van der Waals surface area contributed by atoms with E-state index in [2.05, 4.69) is 20.9 Å². The number of halogens is 1. The Hall–Kier alpha value is -4.60. The number of nitrogens with one attached hydrogen (secondary N) is 3. The van der Waals surface area contributed by atoms with Crippen LogP contribution in [0.2, 0.25) is 5.02 Å². The molecule has 220 valence electrons. The summed E-state index contributed by atoms with van der Waals surface area (Å²) in [6.07, 6.45) is 3.68. The lowest BCUT2D eigenvalue weighted by atomic mass is 10.1. The van der Waals surface area contributed by atoms with Crippen LogP contribution < -0.4 is 20.9 Å². The number of aromatic nitrogens is 1. The molecule has 0 aliphatic carbocycles. The monoisotopic (exact) mass is 613 g/mol. The average Bonchev–Trinajstić information content (AvgIpc) is 3.01. The second-order valence-electron chi connectivity index (χ2n) is 9.71. The summed E-state index contributed by atoms with van der Waals surface area (Å²) in [5.41, 5.74) is 2.80. The number of benzene rings is 3. The van der Waals surface area contributed by atoms with Crippen LogP contribution in [-0.4, -0.2) is 42.1 Å². The molecule has 0 radical (unpaired) electrons. The van der Waals surface area contributed by atoms with Crippen molar-refractivity contribution in [3.05, 3.63) is 119 Å². The lowest BCUT2D eigenvalue weighted by molar-refractivity contribution is -0.116. The third kappa shape index (κ3) is 9.19. The fraction of sp³-hybridized carbons (Fsp3) is 0.152. The molecule has 4 aromatic rings. The van der Waals surface area contributed by atoms with Crippen LogP contribution in [0.3, 0.4) is 0 Å². The van der Waals surface area contributed by atoms with Crippen LogP contribution in [0.4, 0.5) is 17.2 Å². The summed E-state index contributed by atoms with van der Waals surface area (Å²) in [6.45, 7) is 1.93. The molecule has 3 amide bonds. The minimum absolute atomic E-state index is 0.0887. The van der Waals surface area contributed by atoms with Gasteiger partial charge in [0.05, 0.1) is 10.3 Å². The Balaban J connectivity index is 1.51. The smallest absolute Gasteiger partial charge is 0.272 e. The van der Waals surface area contributed by atoms with Crippen molar-refractivity contribution < 1.29 is 14.4 Å². The first kappa shape index (κ1) is 31.3. The molecule has 1 heterocycles. The largest absolute Gasteiger partial charge is 0.378 e. The predicted molar refractivity (Wildman–Crippen MR) is 176 cm³/mol. The number of thioether (sulfide) groups is 1. The number of hydrogen-bond donors (Lipinski definition) is 3. The van der Waals surface area contributed by atoms with Crippen LogP contribution in [0.5, 0.6) is 0 Å². The summed E-state index contributed by atoms with van der Waals surface area (Å²) in [6, 6.07) is 26.9. The number of carbonyl (C=O) groups excluding carboxylic acids is 3. The standard InChI is InChI=1S/C33H32ClN5O3S/c1-4-29(33(42)38-30-18-15-24(34)21-35-30)43-27-12-8-11-25(20-27)36-32(41)28(37-31(40)23-9-6-5-7-10-23)19-22-13-16-26(17-14-22)39(2)3/h5-21,29H,4H2,1-3H3,(H,36,41)(H,37,40)(H,35,38,42)/b28-19+. The number of pyridine rings is 1. The van der Waals surface area contributed by atoms with Gasteiger partial charge < -0.3 is 20.9 Å². The summed E-state index contributed by atoms with van der Waals surface area (Å²) in [5, 5.41) is 8.56. The summed E-state index contributed by atoms with van der Waals surface area (Å²) in [7, 11) is 3.89. The predicted octanol–water partition coefficient (Wildman–Crippen LogP) is 6.72. The Bertz CT molecular complexity index is 1590. The van der Waals surface area contributed by atoms with Gasteiger partial charge in [0.1, 0.15) is 11.5 Å². The second-order valence-corrected chi connectivity index (χ2v) is 11.4. The summed E-state index contributed by atoms with van der Waals surface area (Å²) in [5.74, 6) is -0.654.